The van der Waals surface area contributed by atoms with Crippen LogP contribution in [-0.4, -0.2) is 17.2 Å². The van der Waals surface area contributed by atoms with E-state index in [4.69, 9.17) is 16.0 Å². The van der Waals surface area contributed by atoms with Crippen LogP contribution in [0.4, 0.5) is 17.3 Å². The van der Waals surface area contributed by atoms with Gasteiger partial charge in [0.25, 0.3) is 0 Å². The zero-order chi connectivity index (χ0) is 23.3. The predicted molar refractivity (Wildman–Crippen MR) is 120 cm³/mol. The number of aryl methyl sites for hydroxylation is 2. The summed E-state index contributed by atoms with van der Waals surface area (Å²) in [6.45, 7) is 4.11. The van der Waals surface area contributed by atoms with Gasteiger partial charge in [-0.2, -0.15) is 4.42 Å². The van der Waals surface area contributed by atoms with Gasteiger partial charge in [0, 0.05) is 10.6 Å². The Bertz CT molecular complexity index is 1020. The topological polar surface area (TPSA) is 37.1 Å². The van der Waals surface area contributed by atoms with Crippen molar-refractivity contribution in [3.8, 4) is 34.3 Å². The van der Waals surface area contributed by atoms with Crippen molar-refractivity contribution >= 4 is 18.9 Å². The predicted octanol–water partition coefficient (Wildman–Crippen LogP) is 7.92. The summed E-state index contributed by atoms with van der Waals surface area (Å²) in [5.74, 6) is 1.67. The summed E-state index contributed by atoms with van der Waals surface area (Å²) in [6, 6.07) is 23.7. The molecule has 0 bridgehead atoms. The van der Waals surface area contributed by atoms with Gasteiger partial charge >= 0.3 is 19.0 Å². The van der Waals surface area contributed by atoms with Crippen LogP contribution in [0.25, 0.3) is 34.3 Å². The third kappa shape index (κ3) is 6.88. The average molecular weight is 461 g/mol. The minimum Gasteiger partial charge on any atom is -0.418 e. The van der Waals surface area contributed by atoms with Gasteiger partial charge in [-0.1, -0.05) is 59.1 Å². The molecule has 4 rings (SSSR count). The molecule has 0 spiro atoms. The second-order valence-electron chi connectivity index (χ2n) is 6.99. The number of halogens is 5. The molecule has 0 aliphatic heterocycles. The van der Waals surface area contributed by atoms with Gasteiger partial charge in [0.15, 0.2) is 5.82 Å². The molecule has 0 amide bonds. The number of nitrogens with zero attached hydrogens (tertiary/aromatic N) is 2. The smallest absolute Gasteiger partial charge is 0.418 e. The minimum atomic E-state index is -6.00. The van der Waals surface area contributed by atoms with Crippen molar-refractivity contribution in [3.05, 3.63) is 88.9 Å². The number of rotatable bonds is 3. The van der Waals surface area contributed by atoms with Gasteiger partial charge in [-0.15, -0.1) is 9.97 Å². The molecule has 0 N–H and O–H groups in total. The Kier molecular flexibility index (Phi) is 7.25. The fourth-order valence-electron chi connectivity index (χ4n) is 2.72. The molecule has 3 aromatic carbocycles. The fourth-order valence-corrected chi connectivity index (χ4v) is 2.85. The molecule has 0 unspecified atom stereocenters. The first-order valence-electron chi connectivity index (χ1n) is 9.58. The average Bonchev–Trinajstić information content (AvgIpc) is 2.74. The molecular weight excluding hydrogens is 443 g/mol. The molecule has 1 aromatic heterocycles. The van der Waals surface area contributed by atoms with Gasteiger partial charge in [0.2, 0.25) is 0 Å². The van der Waals surface area contributed by atoms with E-state index in [-0.39, 0.29) is 0 Å². The van der Waals surface area contributed by atoms with E-state index < -0.39 is 7.25 Å². The first-order valence-corrected chi connectivity index (χ1v) is 9.96. The highest BCUT2D eigenvalue weighted by Gasteiger charge is 2.24. The van der Waals surface area contributed by atoms with Crippen molar-refractivity contribution in [2.45, 2.75) is 13.8 Å². The molecule has 0 saturated carbocycles. The lowest BCUT2D eigenvalue weighted by atomic mass is 10.1. The Morgan fingerprint density at radius 3 is 1.38 bits per heavy atom. The van der Waals surface area contributed by atoms with Crippen LogP contribution in [0.5, 0.6) is 0 Å². The summed E-state index contributed by atoms with van der Waals surface area (Å²) in [4.78, 5) is 9.33. The molecule has 32 heavy (non-hydrogen) atoms. The lowest BCUT2D eigenvalue weighted by Crippen LogP contribution is -2.02. The monoisotopic (exact) mass is 460 g/mol. The third-order valence-corrected chi connectivity index (χ3v) is 4.56. The number of benzene rings is 3. The van der Waals surface area contributed by atoms with Gasteiger partial charge in [0.05, 0.1) is 0 Å². The summed E-state index contributed by atoms with van der Waals surface area (Å²) in [6.07, 6.45) is 0. The molecule has 9 heteroatoms. The van der Waals surface area contributed by atoms with Crippen molar-refractivity contribution < 1.29 is 21.7 Å². The lowest BCUT2D eigenvalue weighted by Gasteiger charge is -2.01. The van der Waals surface area contributed by atoms with Gasteiger partial charge in [-0.05, 0) is 50.2 Å². The maximum atomic E-state index is 9.75. The first kappa shape index (κ1) is 23.4. The maximum absolute atomic E-state index is 9.75. The number of hydrogen-bond acceptors (Lipinski definition) is 2. The van der Waals surface area contributed by atoms with Crippen LogP contribution < -0.4 is 0 Å². The Morgan fingerprint density at radius 2 is 0.969 bits per heavy atom. The molecule has 0 aliphatic rings. The van der Waals surface area contributed by atoms with Crippen LogP contribution in [0.2, 0.25) is 5.02 Å². The van der Waals surface area contributed by atoms with Crippen LogP contribution in [0.1, 0.15) is 11.1 Å². The van der Waals surface area contributed by atoms with E-state index in [0.717, 1.165) is 16.7 Å². The standard InChI is InChI=1S/C23H18ClN2O.BF4/c1-15-3-7-17(8-4-15)21-25-22(18-9-5-16(2)6-10-18)27-23(26-21)19-11-13-20(24)14-12-19;2-1(3,4)5/h3-14H,1-2H3;/q+1;-1. The summed E-state index contributed by atoms with van der Waals surface area (Å²) in [5, 5.41) is 0.672. The maximum Gasteiger partial charge on any atom is 0.673 e. The van der Waals surface area contributed by atoms with E-state index in [0.29, 0.717) is 22.6 Å². The third-order valence-electron chi connectivity index (χ3n) is 4.31. The molecule has 0 fully saturated rings. The van der Waals surface area contributed by atoms with Crippen LogP contribution in [0, 0.1) is 13.8 Å². The first-order chi connectivity index (χ1) is 15.1. The highest BCUT2D eigenvalue weighted by atomic mass is 35.5. The summed E-state index contributed by atoms with van der Waals surface area (Å²) in [5.41, 5.74) is 5.08. The van der Waals surface area contributed by atoms with E-state index >= 15 is 0 Å². The molecule has 3 nitrogen and oxygen atoms in total. The summed E-state index contributed by atoms with van der Waals surface area (Å²) in [7, 11) is -6.00. The van der Waals surface area contributed by atoms with E-state index in [9.17, 15) is 17.3 Å². The van der Waals surface area contributed by atoms with Crippen molar-refractivity contribution in [2.75, 3.05) is 0 Å². The normalized spacial score (nSPS) is 11.0. The van der Waals surface area contributed by atoms with Crippen LogP contribution in [0.3, 0.4) is 0 Å². The molecule has 0 saturated heterocycles. The van der Waals surface area contributed by atoms with E-state index in [1.807, 2.05) is 60.7 Å². The number of aromatic nitrogens is 2. The quantitative estimate of drug-likeness (QED) is 0.177. The largest absolute Gasteiger partial charge is 0.673 e. The van der Waals surface area contributed by atoms with Crippen molar-refractivity contribution in [3.63, 3.8) is 0 Å². The van der Waals surface area contributed by atoms with E-state index in [1.54, 1.807) is 0 Å². The van der Waals surface area contributed by atoms with Crippen molar-refractivity contribution in [2.24, 2.45) is 0 Å². The molecule has 1 heterocycles. The zero-order valence-electron chi connectivity index (χ0n) is 17.2. The SMILES string of the molecule is Cc1ccc(-c2nc(-c3ccc(C)cc3)[o+]c(-c3ccc(Cl)cc3)n2)cc1.F[B-](F)(F)F. The molecule has 0 aliphatic carbocycles. The molecule has 164 valence electrons. The van der Waals surface area contributed by atoms with Gasteiger partial charge in [0.1, 0.15) is 11.1 Å². The highest BCUT2D eigenvalue weighted by Crippen LogP contribution is 2.28. The Morgan fingerprint density at radius 1 is 0.625 bits per heavy atom. The molecule has 0 radical (unpaired) electrons. The van der Waals surface area contributed by atoms with Gasteiger partial charge < -0.3 is 17.3 Å². The zero-order valence-corrected chi connectivity index (χ0v) is 18.0. The van der Waals surface area contributed by atoms with Gasteiger partial charge in [-0.3, -0.25) is 0 Å². The van der Waals surface area contributed by atoms with Gasteiger partial charge in [-0.25, -0.2) is 0 Å². The highest BCUT2D eigenvalue weighted by molar-refractivity contribution is 6.50. The van der Waals surface area contributed by atoms with Crippen LogP contribution in [-0.2, 0) is 0 Å². The van der Waals surface area contributed by atoms with Crippen LogP contribution >= 0.6 is 11.6 Å². The summed E-state index contributed by atoms with van der Waals surface area (Å²) >= 11 is 6.02. The second kappa shape index (κ2) is 9.91. The van der Waals surface area contributed by atoms with E-state index in [2.05, 4.69) is 35.9 Å². The fraction of sp³-hybridized carbons (Fsp3) is 0.0870. The Labute approximate surface area is 187 Å². The van der Waals surface area contributed by atoms with Crippen molar-refractivity contribution in [1.29, 1.82) is 0 Å². The minimum absolute atomic E-state index is 0.507. The van der Waals surface area contributed by atoms with Crippen LogP contribution in [0.15, 0.2) is 77.2 Å². The molecule has 0 atom stereocenters. The van der Waals surface area contributed by atoms with E-state index in [1.165, 1.54) is 11.1 Å². The number of hydrogen-bond donors (Lipinski definition) is 0. The lowest BCUT2D eigenvalue weighted by molar-refractivity contribution is 0.368. The molecular formula is C23H18BClF4N2O. The molecule has 4 aromatic rings. The second-order valence-corrected chi connectivity index (χ2v) is 7.43. The Hall–Kier alpha value is -3.26. The van der Waals surface area contributed by atoms with Crippen molar-refractivity contribution in [1.82, 2.24) is 9.97 Å². The Balaban J connectivity index is 0.000000523. The summed E-state index contributed by atoms with van der Waals surface area (Å²) < 4.78 is 45.0.